The molecule has 1 atom stereocenters. The summed E-state index contributed by atoms with van der Waals surface area (Å²) in [6, 6.07) is 12.9. The molecule has 0 spiro atoms. The Morgan fingerprint density at radius 3 is 2.66 bits per heavy atom. The van der Waals surface area contributed by atoms with E-state index in [1.165, 1.54) is 24.3 Å². The monoisotopic (exact) mass is 431 g/mol. The molecule has 0 aliphatic heterocycles. The minimum atomic E-state index is -1.20. The first-order valence-electron chi connectivity index (χ1n) is 8.32. The van der Waals surface area contributed by atoms with Crippen molar-refractivity contribution in [3.8, 4) is 11.3 Å². The number of hydrogen-bond donors (Lipinski definition) is 1. The fourth-order valence-corrected chi connectivity index (χ4v) is 3.28. The number of hydrogen-bond acceptors (Lipinski definition) is 7. The lowest BCUT2D eigenvalue weighted by Gasteiger charge is -2.12. The van der Waals surface area contributed by atoms with Crippen molar-refractivity contribution >= 4 is 45.6 Å². The summed E-state index contributed by atoms with van der Waals surface area (Å²) in [5.74, 6) is -1.64. The molecular weight excluding hydrogens is 418 g/mol. The van der Waals surface area contributed by atoms with E-state index in [9.17, 15) is 19.7 Å². The van der Waals surface area contributed by atoms with E-state index in [2.05, 4.69) is 10.3 Å². The van der Waals surface area contributed by atoms with Gasteiger partial charge in [0.25, 0.3) is 11.6 Å². The molecule has 1 aromatic heterocycles. The molecule has 2 aromatic carbocycles. The largest absolute Gasteiger partial charge is 0.449 e. The van der Waals surface area contributed by atoms with Crippen LogP contribution in [0.3, 0.4) is 0 Å². The zero-order valence-electron chi connectivity index (χ0n) is 15.0. The molecule has 0 radical (unpaired) electrons. The molecule has 0 saturated heterocycles. The van der Waals surface area contributed by atoms with Crippen LogP contribution in [0.2, 0.25) is 5.02 Å². The van der Waals surface area contributed by atoms with E-state index in [1.54, 1.807) is 5.38 Å². The van der Waals surface area contributed by atoms with Gasteiger partial charge in [-0.3, -0.25) is 20.2 Å². The van der Waals surface area contributed by atoms with Crippen LogP contribution in [0, 0.1) is 10.1 Å². The average molecular weight is 432 g/mol. The van der Waals surface area contributed by atoms with Crippen molar-refractivity contribution in [2.24, 2.45) is 0 Å². The summed E-state index contributed by atoms with van der Waals surface area (Å²) in [6.45, 7) is 1.36. The summed E-state index contributed by atoms with van der Waals surface area (Å²) >= 11 is 7.03. The van der Waals surface area contributed by atoms with Gasteiger partial charge in [0.1, 0.15) is 5.56 Å². The number of amides is 1. The predicted molar refractivity (Wildman–Crippen MR) is 109 cm³/mol. The maximum Gasteiger partial charge on any atom is 0.345 e. The number of esters is 1. The van der Waals surface area contributed by atoms with Crippen LogP contribution in [-0.2, 0) is 9.53 Å². The molecule has 3 rings (SSSR count). The lowest BCUT2D eigenvalue weighted by atomic mass is 10.2. The first kappa shape index (κ1) is 20.4. The fraction of sp³-hybridized carbons (Fsp3) is 0.105. The van der Waals surface area contributed by atoms with Crippen molar-refractivity contribution in [3.63, 3.8) is 0 Å². The molecule has 1 amide bonds. The van der Waals surface area contributed by atoms with E-state index in [4.69, 9.17) is 16.3 Å². The maximum atomic E-state index is 12.3. The number of anilines is 1. The number of thiazole rings is 1. The zero-order chi connectivity index (χ0) is 21.0. The summed E-state index contributed by atoms with van der Waals surface area (Å²) in [7, 11) is 0. The van der Waals surface area contributed by atoms with Gasteiger partial charge in [0.15, 0.2) is 11.2 Å². The van der Waals surface area contributed by atoms with Crippen LogP contribution in [0.15, 0.2) is 53.9 Å². The van der Waals surface area contributed by atoms with Crippen LogP contribution in [0.25, 0.3) is 11.3 Å². The molecule has 0 aliphatic rings. The number of nitrogens with one attached hydrogen (secondary N) is 1. The Kier molecular flexibility index (Phi) is 6.20. The molecule has 8 nitrogen and oxygen atoms in total. The van der Waals surface area contributed by atoms with Gasteiger partial charge in [0.2, 0.25) is 0 Å². The standard InChI is InChI=1S/C19H14ClN3O5S/c1-11(28-18(25)14-9-13(20)7-8-16(14)23(26)27)17(24)22-19-21-15(10-29-19)12-5-3-2-4-6-12/h2-11H,1H3,(H,21,22,24). The second-order valence-corrected chi connectivity index (χ2v) is 7.15. The lowest BCUT2D eigenvalue weighted by molar-refractivity contribution is -0.385. The zero-order valence-corrected chi connectivity index (χ0v) is 16.6. The molecule has 29 heavy (non-hydrogen) atoms. The highest BCUT2D eigenvalue weighted by Gasteiger charge is 2.26. The van der Waals surface area contributed by atoms with E-state index in [0.717, 1.165) is 17.7 Å². The minimum Gasteiger partial charge on any atom is -0.449 e. The normalized spacial score (nSPS) is 11.5. The highest BCUT2D eigenvalue weighted by Crippen LogP contribution is 2.26. The van der Waals surface area contributed by atoms with Gasteiger partial charge in [0.05, 0.1) is 10.6 Å². The third-order valence-electron chi connectivity index (χ3n) is 3.83. The lowest BCUT2D eigenvalue weighted by Crippen LogP contribution is -2.30. The van der Waals surface area contributed by atoms with Gasteiger partial charge in [-0.25, -0.2) is 9.78 Å². The number of rotatable bonds is 6. The number of ether oxygens (including phenoxy) is 1. The summed E-state index contributed by atoms with van der Waals surface area (Å²) in [5, 5.41) is 15.9. The summed E-state index contributed by atoms with van der Waals surface area (Å²) in [5.41, 5.74) is 0.810. The Balaban J connectivity index is 1.67. The number of halogens is 1. The minimum absolute atomic E-state index is 0.135. The summed E-state index contributed by atoms with van der Waals surface area (Å²) in [4.78, 5) is 39.3. The number of nitrogens with zero attached hydrogens (tertiary/aromatic N) is 2. The van der Waals surface area contributed by atoms with Crippen LogP contribution in [0.5, 0.6) is 0 Å². The van der Waals surface area contributed by atoms with Crippen molar-refractivity contribution in [1.82, 2.24) is 4.98 Å². The average Bonchev–Trinajstić information content (AvgIpc) is 3.16. The quantitative estimate of drug-likeness (QED) is 0.348. The van der Waals surface area contributed by atoms with Gasteiger partial charge >= 0.3 is 5.97 Å². The van der Waals surface area contributed by atoms with E-state index < -0.39 is 28.6 Å². The maximum absolute atomic E-state index is 12.3. The van der Waals surface area contributed by atoms with Crippen molar-refractivity contribution in [1.29, 1.82) is 0 Å². The molecule has 1 unspecified atom stereocenters. The first-order chi connectivity index (χ1) is 13.8. The van der Waals surface area contributed by atoms with E-state index in [0.29, 0.717) is 10.8 Å². The molecule has 0 bridgehead atoms. The first-order valence-corrected chi connectivity index (χ1v) is 9.57. The Morgan fingerprint density at radius 2 is 1.97 bits per heavy atom. The highest BCUT2D eigenvalue weighted by atomic mass is 35.5. The van der Waals surface area contributed by atoms with Crippen LogP contribution in [0.1, 0.15) is 17.3 Å². The summed E-state index contributed by atoms with van der Waals surface area (Å²) in [6.07, 6.45) is -1.20. The Hall–Kier alpha value is -3.30. The topological polar surface area (TPSA) is 111 Å². The van der Waals surface area contributed by atoms with E-state index >= 15 is 0 Å². The number of carbonyl (C=O) groups excluding carboxylic acids is 2. The molecule has 0 fully saturated rings. The van der Waals surface area contributed by atoms with Crippen molar-refractivity contribution in [3.05, 3.63) is 74.6 Å². The van der Waals surface area contributed by atoms with Gasteiger partial charge in [-0.15, -0.1) is 11.3 Å². The van der Waals surface area contributed by atoms with Crippen molar-refractivity contribution in [2.75, 3.05) is 5.32 Å². The third kappa shape index (κ3) is 4.95. The number of nitro benzene ring substituents is 1. The second-order valence-electron chi connectivity index (χ2n) is 5.86. The van der Waals surface area contributed by atoms with Crippen LogP contribution in [-0.4, -0.2) is 27.9 Å². The Labute approximate surface area is 174 Å². The van der Waals surface area contributed by atoms with Gasteiger partial charge in [-0.1, -0.05) is 41.9 Å². The number of nitro groups is 1. The van der Waals surface area contributed by atoms with Crippen LogP contribution >= 0.6 is 22.9 Å². The SMILES string of the molecule is CC(OC(=O)c1cc(Cl)ccc1[N+](=O)[O-])C(=O)Nc1nc(-c2ccccc2)cs1. The van der Waals surface area contributed by atoms with Crippen LogP contribution in [0.4, 0.5) is 10.8 Å². The van der Waals surface area contributed by atoms with Crippen molar-refractivity contribution < 1.29 is 19.2 Å². The van der Waals surface area contributed by atoms with Crippen LogP contribution < -0.4 is 5.32 Å². The molecule has 1 heterocycles. The highest BCUT2D eigenvalue weighted by molar-refractivity contribution is 7.14. The second kappa shape index (κ2) is 8.80. The van der Waals surface area contributed by atoms with E-state index in [-0.39, 0.29) is 10.6 Å². The molecular formula is C19H14ClN3O5S. The Morgan fingerprint density at radius 1 is 1.24 bits per heavy atom. The predicted octanol–water partition coefficient (Wildman–Crippen LogP) is 4.56. The number of carbonyl (C=O) groups is 2. The molecule has 0 aliphatic carbocycles. The fourth-order valence-electron chi connectivity index (χ4n) is 2.39. The molecule has 10 heteroatoms. The molecule has 0 saturated carbocycles. The molecule has 3 aromatic rings. The number of benzene rings is 2. The van der Waals surface area contributed by atoms with Gasteiger partial charge in [-0.05, 0) is 19.1 Å². The van der Waals surface area contributed by atoms with E-state index in [1.807, 2.05) is 30.3 Å². The Bertz CT molecular complexity index is 1070. The third-order valence-corrected chi connectivity index (χ3v) is 4.82. The van der Waals surface area contributed by atoms with Gasteiger partial charge < -0.3 is 4.74 Å². The van der Waals surface area contributed by atoms with Gasteiger partial charge in [-0.2, -0.15) is 0 Å². The molecule has 148 valence electrons. The smallest absolute Gasteiger partial charge is 0.345 e. The molecule has 1 N–H and O–H groups in total. The summed E-state index contributed by atoms with van der Waals surface area (Å²) < 4.78 is 5.07. The van der Waals surface area contributed by atoms with Gasteiger partial charge in [0, 0.05) is 22.0 Å². The van der Waals surface area contributed by atoms with Crippen molar-refractivity contribution in [2.45, 2.75) is 13.0 Å². The number of aromatic nitrogens is 1.